The predicted molar refractivity (Wildman–Crippen MR) is 67.9 cm³/mol. The second-order valence-corrected chi connectivity index (χ2v) is 5.74. The van der Waals surface area contributed by atoms with E-state index >= 15 is 0 Å². The molecule has 0 aliphatic carbocycles. The van der Waals surface area contributed by atoms with E-state index in [1.54, 1.807) is 0 Å². The molecule has 3 heteroatoms. The average molecular weight is 245 g/mol. The Balaban J connectivity index is 2.87. The number of rotatable bonds is 5. The van der Waals surface area contributed by atoms with Crippen LogP contribution in [0.4, 0.5) is 0 Å². The number of aliphatic hydroxyl groups is 1. The highest BCUT2D eigenvalue weighted by Gasteiger charge is 2.08. The van der Waals surface area contributed by atoms with Gasteiger partial charge in [-0.25, -0.2) is 0 Å². The van der Waals surface area contributed by atoms with Crippen molar-refractivity contribution in [2.45, 2.75) is 36.8 Å². The number of benzene rings is 1. The highest BCUT2D eigenvalue weighted by molar-refractivity contribution is 8.00. The van der Waals surface area contributed by atoms with Gasteiger partial charge in [-0.05, 0) is 30.5 Å². The van der Waals surface area contributed by atoms with Gasteiger partial charge in [0.15, 0.2) is 0 Å². The molecule has 0 aromatic heterocycles. The van der Waals surface area contributed by atoms with Gasteiger partial charge in [0.25, 0.3) is 0 Å². The number of aliphatic hydroxyl groups excluding tert-OH is 1. The Morgan fingerprint density at radius 1 is 1.40 bits per heavy atom. The minimum atomic E-state index is 0.219. The molecule has 0 amide bonds. The molecule has 84 valence electrons. The minimum absolute atomic E-state index is 0.219. The lowest BCUT2D eigenvalue weighted by Crippen LogP contribution is -1.96. The molecule has 0 saturated carbocycles. The molecule has 0 radical (unpaired) electrons. The largest absolute Gasteiger partial charge is 0.396 e. The molecular weight excluding hydrogens is 228 g/mol. The van der Waals surface area contributed by atoms with E-state index in [-0.39, 0.29) is 6.61 Å². The molecule has 1 aromatic carbocycles. The highest BCUT2D eigenvalue weighted by Crippen LogP contribution is 2.31. The minimum Gasteiger partial charge on any atom is -0.396 e. The van der Waals surface area contributed by atoms with Crippen LogP contribution in [-0.4, -0.2) is 17.0 Å². The van der Waals surface area contributed by atoms with Gasteiger partial charge in [-0.3, -0.25) is 0 Å². The zero-order valence-corrected chi connectivity index (χ0v) is 10.7. The van der Waals surface area contributed by atoms with E-state index in [0.29, 0.717) is 5.25 Å². The first-order valence-electron chi connectivity index (χ1n) is 5.20. The van der Waals surface area contributed by atoms with Gasteiger partial charge < -0.3 is 5.11 Å². The molecular formula is C12H17ClOS. The third kappa shape index (κ3) is 4.06. The Morgan fingerprint density at radius 2 is 2.13 bits per heavy atom. The summed E-state index contributed by atoms with van der Waals surface area (Å²) >= 11 is 7.98. The predicted octanol–water partition coefficient (Wildman–Crippen LogP) is 3.77. The Morgan fingerprint density at radius 3 is 2.73 bits per heavy atom. The maximum atomic E-state index is 8.84. The fourth-order valence-electron chi connectivity index (χ4n) is 1.40. The summed E-state index contributed by atoms with van der Waals surface area (Å²) < 4.78 is 0. The number of hydrogen-bond donors (Lipinski definition) is 1. The van der Waals surface area contributed by atoms with Gasteiger partial charge in [-0.1, -0.05) is 31.5 Å². The summed E-state index contributed by atoms with van der Waals surface area (Å²) in [6.45, 7) is 4.56. The monoisotopic (exact) mass is 244 g/mol. The van der Waals surface area contributed by atoms with E-state index in [9.17, 15) is 0 Å². The van der Waals surface area contributed by atoms with Crippen LogP contribution in [0, 0.1) is 0 Å². The molecule has 1 N–H and O–H groups in total. The summed E-state index contributed by atoms with van der Waals surface area (Å²) in [6, 6.07) is 6.00. The van der Waals surface area contributed by atoms with Crippen molar-refractivity contribution in [3.05, 3.63) is 28.8 Å². The van der Waals surface area contributed by atoms with Gasteiger partial charge in [0.05, 0.1) is 0 Å². The van der Waals surface area contributed by atoms with Crippen LogP contribution in [0.3, 0.4) is 0 Å². The Hall–Kier alpha value is -0.180. The van der Waals surface area contributed by atoms with E-state index in [1.165, 1.54) is 10.5 Å². The van der Waals surface area contributed by atoms with Gasteiger partial charge in [0.1, 0.15) is 0 Å². The molecule has 1 rings (SSSR count). The topological polar surface area (TPSA) is 20.2 Å². The van der Waals surface area contributed by atoms with E-state index in [2.05, 4.69) is 19.9 Å². The lowest BCUT2D eigenvalue weighted by molar-refractivity contribution is 0.288. The maximum absolute atomic E-state index is 8.84. The van der Waals surface area contributed by atoms with E-state index in [1.807, 2.05) is 23.9 Å². The van der Waals surface area contributed by atoms with Gasteiger partial charge in [0.2, 0.25) is 0 Å². The lowest BCUT2D eigenvalue weighted by Gasteiger charge is -2.12. The van der Waals surface area contributed by atoms with Crippen molar-refractivity contribution in [1.29, 1.82) is 0 Å². The van der Waals surface area contributed by atoms with Crippen LogP contribution < -0.4 is 0 Å². The Kier molecular flexibility index (Phi) is 5.51. The van der Waals surface area contributed by atoms with Gasteiger partial charge in [-0.2, -0.15) is 0 Å². The SMILES string of the molecule is CC(C)Sc1cccc(Cl)c1CCCO. The average Bonchev–Trinajstić information content (AvgIpc) is 2.16. The van der Waals surface area contributed by atoms with Crippen LogP contribution in [0.1, 0.15) is 25.8 Å². The molecule has 0 saturated heterocycles. The first kappa shape index (κ1) is 12.9. The molecule has 0 unspecified atom stereocenters. The molecule has 0 bridgehead atoms. The highest BCUT2D eigenvalue weighted by atomic mass is 35.5. The summed E-state index contributed by atoms with van der Waals surface area (Å²) in [6.07, 6.45) is 1.63. The molecule has 0 atom stereocenters. The normalized spacial score (nSPS) is 11.0. The van der Waals surface area contributed by atoms with Crippen molar-refractivity contribution in [3.63, 3.8) is 0 Å². The van der Waals surface area contributed by atoms with E-state index in [0.717, 1.165) is 17.9 Å². The number of thioether (sulfide) groups is 1. The fourth-order valence-corrected chi connectivity index (χ4v) is 2.75. The molecule has 0 heterocycles. The summed E-state index contributed by atoms with van der Waals surface area (Å²) in [7, 11) is 0. The molecule has 0 aliphatic rings. The Labute approximate surface area is 101 Å². The number of halogens is 1. The third-order valence-corrected chi connectivity index (χ3v) is 3.49. The lowest BCUT2D eigenvalue weighted by atomic mass is 10.1. The second-order valence-electron chi connectivity index (χ2n) is 3.71. The van der Waals surface area contributed by atoms with Gasteiger partial charge >= 0.3 is 0 Å². The zero-order valence-electron chi connectivity index (χ0n) is 9.16. The van der Waals surface area contributed by atoms with Crippen molar-refractivity contribution in [2.75, 3.05) is 6.61 Å². The zero-order chi connectivity index (χ0) is 11.3. The van der Waals surface area contributed by atoms with Crippen LogP contribution in [-0.2, 0) is 6.42 Å². The van der Waals surface area contributed by atoms with Crippen LogP contribution in [0.5, 0.6) is 0 Å². The number of hydrogen-bond acceptors (Lipinski definition) is 2. The van der Waals surface area contributed by atoms with E-state index < -0.39 is 0 Å². The fraction of sp³-hybridized carbons (Fsp3) is 0.500. The summed E-state index contributed by atoms with van der Waals surface area (Å²) in [5.74, 6) is 0. The van der Waals surface area contributed by atoms with E-state index in [4.69, 9.17) is 16.7 Å². The quantitative estimate of drug-likeness (QED) is 0.796. The summed E-state index contributed by atoms with van der Waals surface area (Å²) in [4.78, 5) is 1.24. The molecule has 0 aliphatic heterocycles. The molecule has 1 aromatic rings. The third-order valence-electron chi connectivity index (χ3n) is 2.02. The maximum Gasteiger partial charge on any atom is 0.0449 e. The van der Waals surface area contributed by atoms with Crippen molar-refractivity contribution in [2.24, 2.45) is 0 Å². The van der Waals surface area contributed by atoms with Crippen LogP contribution in [0.2, 0.25) is 5.02 Å². The standard InChI is InChI=1S/C12H17ClOS/c1-9(2)15-12-7-3-6-11(13)10(12)5-4-8-14/h3,6-7,9,14H,4-5,8H2,1-2H3. The smallest absolute Gasteiger partial charge is 0.0449 e. The van der Waals surface area contributed by atoms with Crippen molar-refractivity contribution < 1.29 is 5.11 Å². The summed E-state index contributed by atoms with van der Waals surface area (Å²) in [5, 5.41) is 10.2. The first-order valence-corrected chi connectivity index (χ1v) is 6.45. The van der Waals surface area contributed by atoms with Crippen molar-refractivity contribution in [1.82, 2.24) is 0 Å². The van der Waals surface area contributed by atoms with Crippen molar-refractivity contribution >= 4 is 23.4 Å². The molecule has 0 spiro atoms. The van der Waals surface area contributed by atoms with Crippen LogP contribution in [0.25, 0.3) is 0 Å². The molecule has 15 heavy (non-hydrogen) atoms. The Bertz CT molecular complexity index is 312. The molecule has 1 nitrogen and oxygen atoms in total. The molecule has 0 fully saturated rings. The summed E-state index contributed by atoms with van der Waals surface area (Å²) in [5.41, 5.74) is 1.17. The first-order chi connectivity index (χ1) is 7.15. The second kappa shape index (κ2) is 6.41. The van der Waals surface area contributed by atoms with Crippen LogP contribution >= 0.6 is 23.4 Å². The van der Waals surface area contributed by atoms with Gasteiger partial charge in [-0.15, -0.1) is 11.8 Å². The van der Waals surface area contributed by atoms with Crippen LogP contribution in [0.15, 0.2) is 23.1 Å². The van der Waals surface area contributed by atoms with Crippen molar-refractivity contribution in [3.8, 4) is 0 Å². The van der Waals surface area contributed by atoms with Gasteiger partial charge in [0, 0.05) is 21.8 Å².